The van der Waals surface area contributed by atoms with Crippen LogP contribution in [0.1, 0.15) is 27.9 Å². The van der Waals surface area contributed by atoms with Crippen molar-refractivity contribution in [2.75, 3.05) is 26.2 Å². The summed E-state index contributed by atoms with van der Waals surface area (Å²) >= 11 is 0. The lowest BCUT2D eigenvalue weighted by Crippen LogP contribution is -2.35. The zero-order valence-corrected chi connectivity index (χ0v) is 18.3. The molecular formula is C25H23F4N3O2. The number of nitrogens with zero attached hydrogens (tertiary/aromatic N) is 3. The zero-order valence-electron chi connectivity index (χ0n) is 18.3. The molecule has 1 amide bonds. The van der Waals surface area contributed by atoms with E-state index in [-0.39, 0.29) is 17.6 Å². The Morgan fingerprint density at radius 2 is 1.65 bits per heavy atom. The standard InChI is InChI=1S/C25H23F4N3O2/c26-21-7-2-18(3-8-21)17-31-12-1-13-32(15-14-31)24(33)19-4-9-22(10-5-19)34-23-11-6-20(16-30-23)25(27,28)29/h2-11,16H,1,12-15,17H2. The molecule has 1 saturated heterocycles. The van der Waals surface area contributed by atoms with Crippen molar-refractivity contribution in [2.45, 2.75) is 19.1 Å². The molecule has 0 unspecified atom stereocenters. The van der Waals surface area contributed by atoms with Gasteiger partial charge in [0, 0.05) is 50.6 Å². The molecule has 2 heterocycles. The summed E-state index contributed by atoms with van der Waals surface area (Å²) < 4.78 is 56.5. The first-order valence-corrected chi connectivity index (χ1v) is 10.9. The largest absolute Gasteiger partial charge is 0.439 e. The molecule has 0 bridgehead atoms. The Balaban J connectivity index is 1.32. The minimum atomic E-state index is -4.46. The summed E-state index contributed by atoms with van der Waals surface area (Å²) in [6.07, 6.45) is -2.92. The van der Waals surface area contributed by atoms with Gasteiger partial charge in [0.15, 0.2) is 0 Å². The zero-order chi connectivity index (χ0) is 24.1. The van der Waals surface area contributed by atoms with E-state index in [1.54, 1.807) is 41.3 Å². The Kier molecular flexibility index (Phi) is 7.12. The molecule has 9 heteroatoms. The fraction of sp³-hybridized carbons (Fsp3) is 0.280. The minimum absolute atomic E-state index is 0.0286. The minimum Gasteiger partial charge on any atom is -0.439 e. The van der Waals surface area contributed by atoms with Crippen LogP contribution in [0.5, 0.6) is 11.6 Å². The van der Waals surface area contributed by atoms with Crippen molar-refractivity contribution in [2.24, 2.45) is 0 Å². The van der Waals surface area contributed by atoms with Crippen LogP contribution in [-0.4, -0.2) is 46.9 Å². The number of rotatable bonds is 5. The molecule has 2 aromatic carbocycles. The fourth-order valence-corrected chi connectivity index (χ4v) is 3.76. The van der Waals surface area contributed by atoms with Crippen LogP contribution in [0, 0.1) is 5.82 Å². The van der Waals surface area contributed by atoms with E-state index in [1.807, 2.05) is 0 Å². The molecule has 0 saturated carbocycles. The van der Waals surface area contributed by atoms with Gasteiger partial charge in [0.05, 0.1) is 5.56 Å². The first kappa shape index (κ1) is 23.7. The highest BCUT2D eigenvalue weighted by Crippen LogP contribution is 2.30. The number of amides is 1. The van der Waals surface area contributed by atoms with Crippen LogP contribution in [0.15, 0.2) is 66.9 Å². The second-order valence-corrected chi connectivity index (χ2v) is 8.06. The van der Waals surface area contributed by atoms with E-state index in [2.05, 4.69) is 9.88 Å². The van der Waals surface area contributed by atoms with Crippen LogP contribution in [0.2, 0.25) is 0 Å². The number of halogens is 4. The quantitative estimate of drug-likeness (QED) is 0.467. The van der Waals surface area contributed by atoms with Gasteiger partial charge in [-0.1, -0.05) is 12.1 Å². The highest BCUT2D eigenvalue weighted by molar-refractivity contribution is 5.94. The van der Waals surface area contributed by atoms with E-state index in [0.29, 0.717) is 43.7 Å². The molecule has 5 nitrogen and oxygen atoms in total. The van der Waals surface area contributed by atoms with Gasteiger partial charge < -0.3 is 9.64 Å². The van der Waals surface area contributed by atoms with E-state index in [4.69, 9.17) is 4.74 Å². The molecule has 178 valence electrons. The number of ether oxygens (including phenoxy) is 1. The van der Waals surface area contributed by atoms with Crippen molar-refractivity contribution < 1.29 is 27.1 Å². The predicted molar refractivity (Wildman–Crippen MR) is 118 cm³/mol. The number of carbonyl (C=O) groups is 1. The molecule has 34 heavy (non-hydrogen) atoms. The maximum Gasteiger partial charge on any atom is 0.417 e. The highest BCUT2D eigenvalue weighted by Gasteiger charge is 2.30. The molecule has 1 aliphatic heterocycles. The van der Waals surface area contributed by atoms with Gasteiger partial charge in [0.25, 0.3) is 5.91 Å². The van der Waals surface area contributed by atoms with E-state index in [9.17, 15) is 22.4 Å². The van der Waals surface area contributed by atoms with Gasteiger partial charge in [-0.25, -0.2) is 9.37 Å². The Hall–Kier alpha value is -3.46. The first-order chi connectivity index (χ1) is 16.3. The van der Waals surface area contributed by atoms with Gasteiger partial charge in [-0.3, -0.25) is 9.69 Å². The highest BCUT2D eigenvalue weighted by atomic mass is 19.4. The van der Waals surface area contributed by atoms with Gasteiger partial charge in [0.2, 0.25) is 5.88 Å². The van der Waals surface area contributed by atoms with Crippen LogP contribution in [-0.2, 0) is 12.7 Å². The molecular weight excluding hydrogens is 450 g/mol. The Labute approximate surface area is 194 Å². The number of pyridine rings is 1. The maximum atomic E-state index is 13.1. The van der Waals surface area contributed by atoms with Crippen LogP contribution in [0.3, 0.4) is 0 Å². The molecule has 4 rings (SSSR count). The summed E-state index contributed by atoms with van der Waals surface area (Å²) in [4.78, 5) is 20.7. The van der Waals surface area contributed by atoms with Crippen LogP contribution in [0.25, 0.3) is 0 Å². The number of carbonyl (C=O) groups excluding carboxylic acids is 1. The third kappa shape index (κ3) is 6.11. The molecule has 1 fully saturated rings. The molecule has 3 aromatic rings. The maximum absolute atomic E-state index is 13.1. The van der Waals surface area contributed by atoms with E-state index in [1.165, 1.54) is 12.1 Å². The van der Waals surface area contributed by atoms with Crippen LogP contribution >= 0.6 is 0 Å². The fourth-order valence-electron chi connectivity index (χ4n) is 3.76. The molecule has 1 aromatic heterocycles. The molecule has 0 aliphatic carbocycles. The normalized spacial score (nSPS) is 15.1. The summed E-state index contributed by atoms with van der Waals surface area (Å²) in [6, 6.07) is 14.9. The number of aromatic nitrogens is 1. The molecule has 1 aliphatic rings. The van der Waals surface area contributed by atoms with Gasteiger partial charge in [-0.15, -0.1) is 0 Å². The number of hydrogen-bond donors (Lipinski definition) is 0. The van der Waals surface area contributed by atoms with Crippen molar-refractivity contribution in [3.8, 4) is 11.6 Å². The lowest BCUT2D eigenvalue weighted by Gasteiger charge is -2.22. The lowest BCUT2D eigenvalue weighted by atomic mass is 10.2. The van der Waals surface area contributed by atoms with Crippen molar-refractivity contribution in [1.82, 2.24) is 14.8 Å². The molecule has 0 atom stereocenters. The number of alkyl halides is 3. The lowest BCUT2D eigenvalue weighted by molar-refractivity contribution is -0.137. The second-order valence-electron chi connectivity index (χ2n) is 8.06. The van der Waals surface area contributed by atoms with Crippen LogP contribution < -0.4 is 4.74 Å². The smallest absolute Gasteiger partial charge is 0.417 e. The number of benzene rings is 2. The Morgan fingerprint density at radius 3 is 2.29 bits per heavy atom. The molecule has 0 radical (unpaired) electrons. The topological polar surface area (TPSA) is 45.7 Å². The SMILES string of the molecule is O=C(c1ccc(Oc2ccc(C(F)(F)F)cn2)cc1)N1CCCN(Cc2ccc(F)cc2)CC1. The van der Waals surface area contributed by atoms with E-state index in [0.717, 1.165) is 30.7 Å². The molecule has 0 N–H and O–H groups in total. The summed E-state index contributed by atoms with van der Waals surface area (Å²) in [5.41, 5.74) is 0.675. The Morgan fingerprint density at radius 1 is 0.912 bits per heavy atom. The van der Waals surface area contributed by atoms with Crippen molar-refractivity contribution in [1.29, 1.82) is 0 Å². The number of hydrogen-bond acceptors (Lipinski definition) is 4. The first-order valence-electron chi connectivity index (χ1n) is 10.9. The van der Waals surface area contributed by atoms with Crippen molar-refractivity contribution >= 4 is 5.91 Å². The van der Waals surface area contributed by atoms with Crippen molar-refractivity contribution in [3.63, 3.8) is 0 Å². The van der Waals surface area contributed by atoms with Gasteiger partial charge in [-0.05, 0) is 54.4 Å². The summed E-state index contributed by atoms with van der Waals surface area (Å²) in [6.45, 7) is 3.46. The average molecular weight is 473 g/mol. The summed E-state index contributed by atoms with van der Waals surface area (Å²) in [7, 11) is 0. The average Bonchev–Trinajstić information content (AvgIpc) is 3.06. The summed E-state index contributed by atoms with van der Waals surface area (Å²) in [5.74, 6) is 0.0391. The summed E-state index contributed by atoms with van der Waals surface area (Å²) in [5, 5.41) is 0. The Bertz CT molecular complexity index is 1100. The third-order valence-electron chi connectivity index (χ3n) is 5.58. The van der Waals surface area contributed by atoms with Crippen molar-refractivity contribution in [3.05, 3.63) is 89.4 Å². The van der Waals surface area contributed by atoms with E-state index < -0.39 is 11.7 Å². The van der Waals surface area contributed by atoms with E-state index >= 15 is 0 Å². The molecule has 0 spiro atoms. The monoisotopic (exact) mass is 473 g/mol. The van der Waals surface area contributed by atoms with Crippen LogP contribution in [0.4, 0.5) is 17.6 Å². The predicted octanol–water partition coefficient (Wildman–Crippen LogP) is 5.38. The van der Waals surface area contributed by atoms with Gasteiger partial charge in [0.1, 0.15) is 11.6 Å². The third-order valence-corrected chi connectivity index (χ3v) is 5.58. The van der Waals surface area contributed by atoms with Gasteiger partial charge >= 0.3 is 6.18 Å². The van der Waals surface area contributed by atoms with Gasteiger partial charge in [-0.2, -0.15) is 13.2 Å². The second kappa shape index (κ2) is 10.2.